The van der Waals surface area contributed by atoms with E-state index < -0.39 is 42.2 Å². The topological polar surface area (TPSA) is 122 Å². The van der Waals surface area contributed by atoms with Crippen LogP contribution < -0.4 is 10.9 Å². The molecule has 3 rings (SSSR count). The Balaban J connectivity index is 1.50. The molecule has 0 saturated carbocycles. The highest BCUT2D eigenvalue weighted by molar-refractivity contribution is 6.22. The van der Waals surface area contributed by atoms with E-state index in [1.165, 1.54) is 19.1 Å². The molecule has 29 heavy (non-hydrogen) atoms. The molecule has 1 aliphatic rings. The van der Waals surface area contributed by atoms with Crippen LogP contribution in [0.2, 0.25) is 0 Å². The highest BCUT2D eigenvalue weighted by atomic mass is 16.5. The zero-order chi connectivity index (χ0) is 21.0. The van der Waals surface area contributed by atoms with Gasteiger partial charge >= 0.3 is 5.97 Å². The minimum Gasteiger partial charge on any atom is -0.454 e. The van der Waals surface area contributed by atoms with Crippen molar-refractivity contribution in [3.05, 3.63) is 71.3 Å². The first-order chi connectivity index (χ1) is 13.9. The van der Waals surface area contributed by atoms with Crippen LogP contribution in [0.4, 0.5) is 0 Å². The smallest absolute Gasteiger partial charge is 0.329 e. The van der Waals surface area contributed by atoms with E-state index in [1.54, 1.807) is 42.5 Å². The zero-order valence-corrected chi connectivity index (χ0v) is 15.4. The van der Waals surface area contributed by atoms with Crippen LogP contribution in [0.15, 0.2) is 54.6 Å². The number of benzene rings is 2. The summed E-state index contributed by atoms with van der Waals surface area (Å²) in [7, 11) is 0. The predicted molar refractivity (Wildman–Crippen MR) is 99.4 cm³/mol. The van der Waals surface area contributed by atoms with Crippen molar-refractivity contribution in [1.82, 2.24) is 15.8 Å². The molecule has 2 aromatic carbocycles. The number of fused-ring (bicyclic) bond motifs is 1. The number of carbonyl (C=O) groups excluding carboxylic acids is 5. The van der Waals surface area contributed by atoms with E-state index in [9.17, 15) is 24.0 Å². The quantitative estimate of drug-likeness (QED) is 0.436. The van der Waals surface area contributed by atoms with E-state index in [0.717, 1.165) is 4.90 Å². The van der Waals surface area contributed by atoms with E-state index in [0.29, 0.717) is 5.56 Å². The highest BCUT2D eigenvalue weighted by Crippen LogP contribution is 2.24. The van der Waals surface area contributed by atoms with Gasteiger partial charge in [-0.25, -0.2) is 4.79 Å². The molecular formula is C20H17N3O6. The van der Waals surface area contributed by atoms with Gasteiger partial charge in [0.25, 0.3) is 23.6 Å². The monoisotopic (exact) mass is 395 g/mol. The average molecular weight is 395 g/mol. The summed E-state index contributed by atoms with van der Waals surface area (Å²) in [5, 5.41) is 0. The molecule has 9 nitrogen and oxygen atoms in total. The fourth-order valence-corrected chi connectivity index (χ4v) is 2.75. The maximum Gasteiger partial charge on any atom is 0.329 e. The van der Waals surface area contributed by atoms with Gasteiger partial charge in [0.1, 0.15) is 6.04 Å². The van der Waals surface area contributed by atoms with E-state index in [-0.39, 0.29) is 11.1 Å². The number of nitrogens with one attached hydrogen (secondary N) is 2. The van der Waals surface area contributed by atoms with Crippen LogP contribution in [-0.2, 0) is 14.3 Å². The number of esters is 1. The lowest BCUT2D eigenvalue weighted by atomic mass is 10.1. The molecule has 0 unspecified atom stereocenters. The lowest BCUT2D eigenvalue weighted by Crippen LogP contribution is -2.46. The molecule has 0 spiro atoms. The third-order valence-corrected chi connectivity index (χ3v) is 4.25. The molecule has 0 saturated heterocycles. The summed E-state index contributed by atoms with van der Waals surface area (Å²) in [6.07, 6.45) is 0. The van der Waals surface area contributed by atoms with E-state index in [2.05, 4.69) is 10.9 Å². The van der Waals surface area contributed by atoms with Gasteiger partial charge in [-0.05, 0) is 31.2 Å². The molecule has 0 fully saturated rings. The number of rotatable bonds is 5. The van der Waals surface area contributed by atoms with Crippen molar-refractivity contribution < 1.29 is 28.7 Å². The van der Waals surface area contributed by atoms with Gasteiger partial charge in [0.15, 0.2) is 6.61 Å². The van der Waals surface area contributed by atoms with Crippen LogP contribution in [0.25, 0.3) is 0 Å². The van der Waals surface area contributed by atoms with Crippen molar-refractivity contribution in [3.63, 3.8) is 0 Å². The largest absolute Gasteiger partial charge is 0.454 e. The molecule has 0 bridgehead atoms. The van der Waals surface area contributed by atoms with Gasteiger partial charge in [0.05, 0.1) is 11.1 Å². The van der Waals surface area contributed by atoms with Crippen LogP contribution in [0.3, 0.4) is 0 Å². The Hall–Kier alpha value is -4.01. The first-order valence-electron chi connectivity index (χ1n) is 8.68. The molecule has 0 aliphatic carbocycles. The molecule has 1 heterocycles. The third kappa shape index (κ3) is 4.13. The molecular weight excluding hydrogens is 378 g/mol. The van der Waals surface area contributed by atoms with Gasteiger partial charge in [0.2, 0.25) is 0 Å². The van der Waals surface area contributed by atoms with Crippen LogP contribution in [0.1, 0.15) is 38.0 Å². The Morgan fingerprint density at radius 2 is 1.45 bits per heavy atom. The summed E-state index contributed by atoms with van der Waals surface area (Å²) in [5.41, 5.74) is 5.05. The Morgan fingerprint density at radius 1 is 0.897 bits per heavy atom. The van der Waals surface area contributed by atoms with E-state index >= 15 is 0 Å². The number of amides is 4. The third-order valence-electron chi connectivity index (χ3n) is 4.25. The van der Waals surface area contributed by atoms with E-state index in [4.69, 9.17) is 4.74 Å². The van der Waals surface area contributed by atoms with Crippen molar-refractivity contribution in [2.45, 2.75) is 13.0 Å². The second-order valence-electron chi connectivity index (χ2n) is 6.18. The lowest BCUT2D eigenvalue weighted by molar-refractivity contribution is -0.152. The number of hydrazine groups is 1. The summed E-state index contributed by atoms with van der Waals surface area (Å²) < 4.78 is 4.86. The predicted octanol–water partition coefficient (Wildman–Crippen LogP) is 0.675. The summed E-state index contributed by atoms with van der Waals surface area (Å²) >= 11 is 0. The fourth-order valence-electron chi connectivity index (χ4n) is 2.75. The summed E-state index contributed by atoms with van der Waals surface area (Å²) in [4.78, 5) is 61.4. The van der Waals surface area contributed by atoms with Crippen LogP contribution in [-0.4, -0.2) is 47.1 Å². The van der Waals surface area contributed by atoms with Crippen LogP contribution in [0, 0.1) is 0 Å². The lowest BCUT2D eigenvalue weighted by Gasteiger charge is -2.20. The maximum absolute atomic E-state index is 12.4. The van der Waals surface area contributed by atoms with Crippen molar-refractivity contribution >= 4 is 29.6 Å². The van der Waals surface area contributed by atoms with Crippen LogP contribution in [0.5, 0.6) is 0 Å². The number of carbonyl (C=O) groups is 5. The number of imide groups is 1. The van der Waals surface area contributed by atoms with Gasteiger partial charge in [0, 0.05) is 5.56 Å². The van der Waals surface area contributed by atoms with Crippen molar-refractivity contribution in [2.75, 3.05) is 6.61 Å². The molecule has 0 radical (unpaired) electrons. The van der Waals surface area contributed by atoms with Crippen molar-refractivity contribution in [3.8, 4) is 0 Å². The Kier molecular flexibility index (Phi) is 5.68. The van der Waals surface area contributed by atoms with Gasteiger partial charge < -0.3 is 4.74 Å². The molecule has 9 heteroatoms. The standard InChI is InChI=1S/C20H17N3O6/c1-12(23-18(26)14-9-5-6-10-15(14)19(23)27)20(28)29-11-16(24)21-22-17(25)13-7-3-2-4-8-13/h2-10,12H,11H2,1H3,(H,21,24)(H,22,25)/t12-/m0/s1. The van der Waals surface area contributed by atoms with Crippen LogP contribution >= 0.6 is 0 Å². The Labute approximate surface area is 165 Å². The summed E-state index contributed by atoms with van der Waals surface area (Å²) in [6, 6.07) is 13.2. The Morgan fingerprint density at radius 3 is 2.03 bits per heavy atom. The highest BCUT2D eigenvalue weighted by Gasteiger charge is 2.41. The molecule has 1 aliphatic heterocycles. The average Bonchev–Trinajstić information content (AvgIpc) is 3.00. The van der Waals surface area contributed by atoms with Gasteiger partial charge in [-0.2, -0.15) is 0 Å². The van der Waals surface area contributed by atoms with Crippen molar-refractivity contribution in [2.24, 2.45) is 0 Å². The van der Waals surface area contributed by atoms with Gasteiger partial charge in [-0.15, -0.1) is 0 Å². The van der Waals surface area contributed by atoms with Gasteiger partial charge in [-0.3, -0.25) is 34.9 Å². The fraction of sp³-hybridized carbons (Fsp3) is 0.150. The Bertz CT molecular complexity index is 954. The normalized spacial score (nSPS) is 13.5. The number of hydrogen-bond acceptors (Lipinski definition) is 6. The number of nitrogens with zero attached hydrogens (tertiary/aromatic N) is 1. The minimum atomic E-state index is -1.21. The van der Waals surface area contributed by atoms with Gasteiger partial charge in [-0.1, -0.05) is 30.3 Å². The first-order valence-corrected chi connectivity index (χ1v) is 8.68. The molecule has 2 N–H and O–H groups in total. The van der Waals surface area contributed by atoms with E-state index in [1.807, 2.05) is 0 Å². The zero-order valence-electron chi connectivity index (χ0n) is 15.4. The number of ether oxygens (including phenoxy) is 1. The molecule has 148 valence electrons. The molecule has 1 atom stereocenters. The molecule has 2 aromatic rings. The molecule has 0 aromatic heterocycles. The SMILES string of the molecule is C[C@@H](C(=O)OCC(=O)NNC(=O)c1ccccc1)N1C(=O)c2ccccc2C1=O. The summed E-state index contributed by atoms with van der Waals surface area (Å²) in [5.74, 6) is -3.45. The second kappa shape index (κ2) is 8.34. The molecule has 4 amide bonds. The minimum absolute atomic E-state index is 0.207. The maximum atomic E-state index is 12.4. The second-order valence-corrected chi connectivity index (χ2v) is 6.18. The van der Waals surface area contributed by atoms with Crippen molar-refractivity contribution in [1.29, 1.82) is 0 Å². The number of hydrogen-bond donors (Lipinski definition) is 2. The first kappa shape index (κ1) is 19.7. The summed E-state index contributed by atoms with van der Waals surface area (Å²) in [6.45, 7) is 0.639.